The molecule has 0 aromatic heterocycles. The Morgan fingerprint density at radius 1 is 1.05 bits per heavy atom. The molecule has 0 aliphatic carbocycles. The standard InChI is InChI=1S/C14H12O5/c1-18-10-7-5-9(6-8-10)14(17)19-12-4-2-3-11(15)13(12)16/h2-8,15-16H,1H3. The van der Waals surface area contributed by atoms with Crippen LogP contribution in [0.1, 0.15) is 10.4 Å². The average Bonchev–Trinajstić information content (AvgIpc) is 2.44. The number of esters is 1. The number of phenolic OH excluding ortho intramolecular Hbond substituents is 2. The van der Waals surface area contributed by atoms with Crippen LogP contribution in [0.15, 0.2) is 42.5 Å². The van der Waals surface area contributed by atoms with Gasteiger partial charge in [-0.3, -0.25) is 0 Å². The Morgan fingerprint density at radius 2 is 1.74 bits per heavy atom. The van der Waals surface area contributed by atoms with Crippen molar-refractivity contribution in [3.8, 4) is 23.0 Å². The van der Waals surface area contributed by atoms with Gasteiger partial charge in [-0.1, -0.05) is 6.07 Å². The lowest BCUT2D eigenvalue weighted by Gasteiger charge is -2.07. The topological polar surface area (TPSA) is 76.0 Å². The first kappa shape index (κ1) is 12.8. The molecule has 0 heterocycles. The number of methoxy groups -OCH3 is 1. The van der Waals surface area contributed by atoms with E-state index in [0.717, 1.165) is 0 Å². The van der Waals surface area contributed by atoms with Crippen LogP contribution in [0.2, 0.25) is 0 Å². The van der Waals surface area contributed by atoms with Gasteiger partial charge in [0.25, 0.3) is 0 Å². The van der Waals surface area contributed by atoms with E-state index in [-0.39, 0.29) is 11.5 Å². The molecule has 0 saturated carbocycles. The Morgan fingerprint density at radius 3 is 2.37 bits per heavy atom. The molecule has 0 unspecified atom stereocenters. The largest absolute Gasteiger partial charge is 0.504 e. The van der Waals surface area contributed by atoms with E-state index in [9.17, 15) is 15.0 Å². The second kappa shape index (κ2) is 5.30. The first-order chi connectivity index (χ1) is 9.11. The third-order valence-electron chi connectivity index (χ3n) is 2.51. The van der Waals surface area contributed by atoms with Crippen molar-refractivity contribution in [3.05, 3.63) is 48.0 Å². The molecule has 0 bridgehead atoms. The molecule has 0 fully saturated rings. The molecule has 2 rings (SSSR count). The van der Waals surface area contributed by atoms with Gasteiger partial charge < -0.3 is 19.7 Å². The molecule has 0 saturated heterocycles. The van der Waals surface area contributed by atoms with Crippen LogP contribution in [0.3, 0.4) is 0 Å². The molecule has 19 heavy (non-hydrogen) atoms. The van der Waals surface area contributed by atoms with Crippen LogP contribution in [-0.2, 0) is 0 Å². The van der Waals surface area contributed by atoms with Gasteiger partial charge in [-0.05, 0) is 36.4 Å². The van der Waals surface area contributed by atoms with Gasteiger partial charge in [0.05, 0.1) is 12.7 Å². The minimum absolute atomic E-state index is 0.0965. The Balaban J connectivity index is 2.18. The zero-order chi connectivity index (χ0) is 13.8. The molecular formula is C14H12O5. The van der Waals surface area contributed by atoms with E-state index >= 15 is 0 Å². The smallest absolute Gasteiger partial charge is 0.343 e. The Hall–Kier alpha value is -2.69. The number of rotatable bonds is 3. The minimum Gasteiger partial charge on any atom is -0.504 e. The van der Waals surface area contributed by atoms with Gasteiger partial charge in [0.1, 0.15) is 5.75 Å². The summed E-state index contributed by atoms with van der Waals surface area (Å²) in [5.74, 6) is -0.925. The van der Waals surface area contributed by atoms with Crippen LogP contribution < -0.4 is 9.47 Å². The fourth-order valence-electron chi connectivity index (χ4n) is 1.48. The number of benzene rings is 2. The second-order valence-corrected chi connectivity index (χ2v) is 3.74. The summed E-state index contributed by atoms with van der Waals surface area (Å²) in [4.78, 5) is 11.8. The van der Waals surface area contributed by atoms with Crippen molar-refractivity contribution < 1.29 is 24.5 Å². The predicted molar refractivity (Wildman–Crippen MR) is 67.7 cm³/mol. The van der Waals surface area contributed by atoms with E-state index in [1.54, 1.807) is 24.3 Å². The molecule has 98 valence electrons. The summed E-state index contributed by atoms with van der Waals surface area (Å²) in [6, 6.07) is 10.5. The van der Waals surface area contributed by atoms with Gasteiger partial charge in [0.15, 0.2) is 11.5 Å². The van der Waals surface area contributed by atoms with Crippen LogP contribution in [0.4, 0.5) is 0 Å². The number of hydrogen-bond acceptors (Lipinski definition) is 5. The SMILES string of the molecule is COc1ccc(C(=O)Oc2cccc(O)c2O)cc1. The Labute approximate surface area is 109 Å². The van der Waals surface area contributed by atoms with E-state index in [1.807, 2.05) is 0 Å². The summed E-state index contributed by atoms with van der Waals surface area (Å²) in [6.07, 6.45) is 0. The van der Waals surface area contributed by atoms with Crippen LogP contribution in [0.5, 0.6) is 23.0 Å². The fourth-order valence-corrected chi connectivity index (χ4v) is 1.48. The van der Waals surface area contributed by atoms with Crippen LogP contribution in [0.25, 0.3) is 0 Å². The lowest BCUT2D eigenvalue weighted by Crippen LogP contribution is -2.08. The maximum Gasteiger partial charge on any atom is 0.343 e. The highest BCUT2D eigenvalue weighted by Gasteiger charge is 2.13. The lowest BCUT2D eigenvalue weighted by atomic mass is 10.2. The minimum atomic E-state index is -0.636. The number of aromatic hydroxyl groups is 2. The first-order valence-electron chi connectivity index (χ1n) is 5.49. The maximum absolute atomic E-state index is 11.8. The molecule has 0 atom stereocenters. The molecule has 5 heteroatoms. The molecule has 5 nitrogen and oxygen atoms in total. The number of phenols is 2. The van der Waals surface area contributed by atoms with E-state index in [4.69, 9.17) is 9.47 Å². The highest BCUT2D eigenvalue weighted by atomic mass is 16.5. The summed E-state index contributed by atoms with van der Waals surface area (Å²) in [5.41, 5.74) is 0.309. The number of para-hydroxylation sites is 1. The summed E-state index contributed by atoms with van der Waals surface area (Å²) in [5, 5.41) is 18.8. The van der Waals surface area contributed by atoms with E-state index in [1.165, 1.54) is 25.3 Å². The molecular weight excluding hydrogens is 248 g/mol. The third kappa shape index (κ3) is 2.77. The summed E-state index contributed by atoms with van der Waals surface area (Å²) < 4.78 is 9.97. The summed E-state index contributed by atoms with van der Waals surface area (Å²) in [7, 11) is 1.53. The van der Waals surface area contributed by atoms with Crippen LogP contribution in [-0.4, -0.2) is 23.3 Å². The molecule has 2 aromatic rings. The first-order valence-corrected chi connectivity index (χ1v) is 5.49. The molecule has 0 aliphatic rings. The Kier molecular flexibility index (Phi) is 3.56. The van der Waals surface area contributed by atoms with Gasteiger partial charge in [0.2, 0.25) is 5.75 Å². The van der Waals surface area contributed by atoms with Crippen molar-refractivity contribution in [1.29, 1.82) is 0 Å². The summed E-state index contributed by atoms with van der Waals surface area (Å²) in [6.45, 7) is 0. The number of carbonyl (C=O) groups is 1. The normalized spacial score (nSPS) is 9.95. The Bertz CT molecular complexity index is 589. The monoisotopic (exact) mass is 260 g/mol. The zero-order valence-electron chi connectivity index (χ0n) is 10.2. The second-order valence-electron chi connectivity index (χ2n) is 3.74. The third-order valence-corrected chi connectivity index (χ3v) is 2.51. The van der Waals surface area contributed by atoms with E-state index in [2.05, 4.69) is 0 Å². The molecule has 2 N–H and O–H groups in total. The maximum atomic E-state index is 11.8. The zero-order valence-corrected chi connectivity index (χ0v) is 10.2. The van der Waals surface area contributed by atoms with Crippen molar-refractivity contribution >= 4 is 5.97 Å². The van der Waals surface area contributed by atoms with Crippen molar-refractivity contribution in [2.24, 2.45) is 0 Å². The summed E-state index contributed by atoms with van der Waals surface area (Å²) >= 11 is 0. The molecule has 0 aliphatic heterocycles. The fraction of sp³-hybridized carbons (Fsp3) is 0.0714. The quantitative estimate of drug-likeness (QED) is 0.503. The highest BCUT2D eigenvalue weighted by molar-refractivity contribution is 5.91. The van der Waals surface area contributed by atoms with Crippen molar-refractivity contribution in [2.75, 3.05) is 7.11 Å². The molecule has 2 aromatic carbocycles. The van der Waals surface area contributed by atoms with Crippen LogP contribution >= 0.6 is 0 Å². The van der Waals surface area contributed by atoms with Crippen LogP contribution in [0, 0.1) is 0 Å². The predicted octanol–water partition coefficient (Wildman–Crippen LogP) is 2.33. The molecule has 0 spiro atoms. The van der Waals surface area contributed by atoms with Gasteiger partial charge in [-0.2, -0.15) is 0 Å². The van der Waals surface area contributed by atoms with Crippen molar-refractivity contribution in [1.82, 2.24) is 0 Å². The van der Waals surface area contributed by atoms with Gasteiger partial charge in [0, 0.05) is 0 Å². The lowest BCUT2D eigenvalue weighted by molar-refractivity contribution is 0.0729. The van der Waals surface area contributed by atoms with Gasteiger partial charge in [-0.25, -0.2) is 4.79 Å². The molecule has 0 amide bonds. The van der Waals surface area contributed by atoms with Gasteiger partial charge in [-0.15, -0.1) is 0 Å². The van der Waals surface area contributed by atoms with E-state index in [0.29, 0.717) is 11.3 Å². The van der Waals surface area contributed by atoms with Crippen molar-refractivity contribution in [3.63, 3.8) is 0 Å². The number of hydrogen-bond donors (Lipinski definition) is 2. The number of carbonyl (C=O) groups excluding carboxylic acids is 1. The van der Waals surface area contributed by atoms with Gasteiger partial charge >= 0.3 is 5.97 Å². The van der Waals surface area contributed by atoms with Crippen molar-refractivity contribution in [2.45, 2.75) is 0 Å². The number of ether oxygens (including phenoxy) is 2. The molecule has 0 radical (unpaired) electrons. The highest BCUT2D eigenvalue weighted by Crippen LogP contribution is 2.34. The van der Waals surface area contributed by atoms with E-state index < -0.39 is 11.7 Å². The average molecular weight is 260 g/mol.